The van der Waals surface area contributed by atoms with E-state index in [-0.39, 0.29) is 10.9 Å². The minimum Gasteiger partial charge on any atom is -0.454 e. The van der Waals surface area contributed by atoms with Gasteiger partial charge in [-0.2, -0.15) is 0 Å². The van der Waals surface area contributed by atoms with Gasteiger partial charge >= 0.3 is 0 Å². The molecule has 30 heavy (non-hydrogen) atoms. The van der Waals surface area contributed by atoms with Crippen LogP contribution in [0.2, 0.25) is 18.1 Å². The monoisotopic (exact) mass is 420 g/mol. The predicted octanol–water partition coefficient (Wildman–Crippen LogP) is 4.39. The number of aliphatic imine (C=N–C) groups is 1. The smallest absolute Gasteiger partial charge is 0.286 e. The highest BCUT2D eigenvalue weighted by atomic mass is 28.4. The van der Waals surface area contributed by atoms with Crippen LogP contribution in [0, 0.1) is 0 Å². The quantitative estimate of drug-likeness (QED) is 0.453. The lowest BCUT2D eigenvalue weighted by Gasteiger charge is -2.33. The molecule has 0 bridgehead atoms. The van der Waals surface area contributed by atoms with Crippen molar-refractivity contribution in [2.75, 3.05) is 6.54 Å². The number of nitrogens with zero attached hydrogens (tertiary/aromatic N) is 3. The molecule has 2 aromatic carbocycles. The highest BCUT2D eigenvalue weighted by Gasteiger charge is 2.40. The summed E-state index contributed by atoms with van der Waals surface area (Å²) in [6.45, 7) is 12.0. The molecule has 7 heteroatoms. The van der Waals surface area contributed by atoms with Crippen molar-refractivity contribution in [1.82, 2.24) is 10.2 Å². The molecule has 156 valence electrons. The number of carbonyl (C=O) groups excluding carboxylic acids is 1. The van der Waals surface area contributed by atoms with Gasteiger partial charge in [0.2, 0.25) is 11.9 Å². The summed E-state index contributed by atoms with van der Waals surface area (Å²) < 4.78 is 6.23. The van der Waals surface area contributed by atoms with E-state index >= 15 is 0 Å². The van der Waals surface area contributed by atoms with Gasteiger partial charge < -0.3 is 9.43 Å². The van der Waals surface area contributed by atoms with Crippen LogP contribution >= 0.6 is 0 Å². The van der Waals surface area contributed by atoms with Crippen molar-refractivity contribution < 1.29 is 9.32 Å². The van der Waals surface area contributed by atoms with Gasteiger partial charge in [-0.25, -0.2) is 4.99 Å². The number of carbonyl (C=O) groups is 1. The topological polar surface area (TPSA) is 66.3 Å². The molecule has 0 atom stereocenters. The minimum absolute atomic E-state index is 0.0175. The van der Waals surface area contributed by atoms with E-state index in [4.69, 9.17) is 9.68 Å². The number of hydrogen-bond acceptors (Lipinski definition) is 5. The number of guanidine groups is 1. The number of oxime groups is 1. The molecule has 0 radical (unpaired) electrons. The molecule has 2 heterocycles. The van der Waals surface area contributed by atoms with Gasteiger partial charge in [-0.3, -0.25) is 10.1 Å². The van der Waals surface area contributed by atoms with E-state index < -0.39 is 8.32 Å². The number of fused-ring (bicyclic) bond motifs is 2. The number of benzene rings is 2. The summed E-state index contributed by atoms with van der Waals surface area (Å²) in [5.41, 5.74) is 4.76. The molecule has 2 aliphatic rings. The van der Waals surface area contributed by atoms with E-state index in [9.17, 15) is 4.79 Å². The van der Waals surface area contributed by atoms with Crippen LogP contribution in [0.5, 0.6) is 0 Å². The molecule has 0 unspecified atom stereocenters. The van der Waals surface area contributed by atoms with Crippen LogP contribution in [0.15, 0.2) is 58.7 Å². The zero-order chi connectivity index (χ0) is 21.5. The average molecular weight is 421 g/mol. The van der Waals surface area contributed by atoms with Crippen LogP contribution in [0.3, 0.4) is 0 Å². The summed E-state index contributed by atoms with van der Waals surface area (Å²) >= 11 is 0. The van der Waals surface area contributed by atoms with Gasteiger partial charge in [0.05, 0.1) is 5.69 Å². The molecule has 2 aliphatic heterocycles. The average Bonchev–Trinajstić information content (AvgIpc) is 3.04. The largest absolute Gasteiger partial charge is 0.454 e. The van der Waals surface area contributed by atoms with Crippen molar-refractivity contribution in [3.05, 3.63) is 65.2 Å². The first-order valence-corrected chi connectivity index (χ1v) is 13.1. The summed E-state index contributed by atoms with van der Waals surface area (Å²) in [4.78, 5) is 18.3. The molecule has 0 saturated carbocycles. The standard InChI is InChI=1S/C23H28N4O2Si/c1-23(2,3)30(4,5)29-26-21(16-9-7-6-8-10-16)17-11-12-19-18(13-17)14-27-15-20(28)25-22(27)24-19/h6-13H,14-15H2,1-5H3,(H,24,25,28). The molecule has 1 amide bonds. The first-order valence-electron chi connectivity index (χ1n) is 10.2. The lowest BCUT2D eigenvalue weighted by molar-refractivity contribution is -0.118. The van der Waals surface area contributed by atoms with Crippen LogP contribution in [-0.4, -0.2) is 37.3 Å². The molecule has 1 saturated heterocycles. The fourth-order valence-electron chi connectivity index (χ4n) is 3.17. The normalized spacial score (nSPS) is 16.6. The van der Waals surface area contributed by atoms with Gasteiger partial charge in [0.25, 0.3) is 8.32 Å². The second-order valence-electron chi connectivity index (χ2n) is 9.34. The zero-order valence-electron chi connectivity index (χ0n) is 18.2. The molecule has 6 nitrogen and oxygen atoms in total. The van der Waals surface area contributed by atoms with E-state index in [2.05, 4.69) is 50.2 Å². The van der Waals surface area contributed by atoms with Gasteiger partial charge in [-0.15, -0.1) is 5.16 Å². The molecule has 0 aromatic heterocycles. The minimum atomic E-state index is -2.05. The maximum Gasteiger partial charge on any atom is 0.286 e. The zero-order valence-corrected chi connectivity index (χ0v) is 19.2. The van der Waals surface area contributed by atoms with Crippen LogP contribution in [0.1, 0.15) is 37.5 Å². The van der Waals surface area contributed by atoms with E-state index in [0.717, 1.165) is 28.1 Å². The lowest BCUT2D eigenvalue weighted by Crippen LogP contribution is -2.39. The first-order chi connectivity index (χ1) is 14.1. The summed E-state index contributed by atoms with van der Waals surface area (Å²) in [7, 11) is -2.05. The third-order valence-corrected chi connectivity index (χ3v) is 10.2. The molecular weight excluding hydrogens is 392 g/mol. The molecule has 4 rings (SSSR count). The third-order valence-electron chi connectivity index (χ3n) is 6.04. The SMILES string of the molecule is CC(C)(C)[Si](C)(C)ON=C(c1ccccc1)c1ccc2c(c1)CN1CC(=O)NC1=N2. The summed E-state index contributed by atoms with van der Waals surface area (Å²) in [5.74, 6) is 0.620. The van der Waals surface area contributed by atoms with E-state index in [1.165, 1.54) is 0 Å². The van der Waals surface area contributed by atoms with Gasteiger partial charge in [-0.05, 0) is 35.8 Å². The van der Waals surface area contributed by atoms with Crippen LogP contribution in [0.25, 0.3) is 0 Å². The maximum atomic E-state index is 11.7. The Morgan fingerprint density at radius 2 is 1.83 bits per heavy atom. The summed E-state index contributed by atoms with van der Waals surface area (Å²) in [5, 5.41) is 7.57. The number of nitrogens with one attached hydrogen (secondary N) is 1. The Hall–Kier alpha value is -2.93. The first kappa shape index (κ1) is 20.3. The van der Waals surface area contributed by atoms with Gasteiger partial charge in [-0.1, -0.05) is 57.2 Å². The Labute approximate surface area is 178 Å². The van der Waals surface area contributed by atoms with E-state index in [1.54, 1.807) is 0 Å². The lowest BCUT2D eigenvalue weighted by atomic mass is 9.99. The molecule has 1 N–H and O–H groups in total. The van der Waals surface area contributed by atoms with E-state index in [1.807, 2.05) is 47.4 Å². The van der Waals surface area contributed by atoms with Crippen molar-refractivity contribution in [3.8, 4) is 0 Å². The summed E-state index contributed by atoms with van der Waals surface area (Å²) in [6.07, 6.45) is 0. The number of amides is 1. The Morgan fingerprint density at radius 3 is 2.53 bits per heavy atom. The fraction of sp³-hybridized carbons (Fsp3) is 0.348. The van der Waals surface area contributed by atoms with Crippen molar-refractivity contribution in [2.24, 2.45) is 10.1 Å². The number of rotatable bonds is 4. The Bertz CT molecular complexity index is 1040. The van der Waals surface area contributed by atoms with Crippen molar-refractivity contribution in [2.45, 2.75) is 45.4 Å². The predicted molar refractivity (Wildman–Crippen MR) is 122 cm³/mol. The highest BCUT2D eigenvalue weighted by molar-refractivity contribution is 6.74. The van der Waals surface area contributed by atoms with Crippen LogP contribution < -0.4 is 5.32 Å². The fourth-order valence-corrected chi connectivity index (χ4v) is 3.77. The molecule has 1 fully saturated rings. The molecular formula is C23H28N4O2Si. The second-order valence-corrected chi connectivity index (χ2v) is 14.0. The third kappa shape index (κ3) is 3.89. The van der Waals surface area contributed by atoms with Gasteiger partial charge in [0.15, 0.2) is 0 Å². The molecule has 0 aliphatic carbocycles. The Morgan fingerprint density at radius 1 is 1.10 bits per heavy atom. The molecule has 2 aromatic rings. The number of hydrogen-bond donors (Lipinski definition) is 1. The van der Waals surface area contributed by atoms with E-state index in [0.29, 0.717) is 19.0 Å². The highest BCUT2D eigenvalue weighted by Crippen LogP contribution is 2.37. The Balaban J connectivity index is 1.72. The van der Waals surface area contributed by atoms with Crippen LogP contribution in [0.4, 0.5) is 5.69 Å². The van der Waals surface area contributed by atoms with Crippen molar-refractivity contribution in [1.29, 1.82) is 0 Å². The molecule has 0 spiro atoms. The van der Waals surface area contributed by atoms with Crippen LogP contribution in [-0.2, 0) is 15.9 Å². The summed E-state index contributed by atoms with van der Waals surface area (Å²) in [6, 6.07) is 16.2. The van der Waals surface area contributed by atoms with Gasteiger partial charge in [0, 0.05) is 17.7 Å². The van der Waals surface area contributed by atoms with Crippen molar-refractivity contribution in [3.63, 3.8) is 0 Å². The van der Waals surface area contributed by atoms with Crippen molar-refractivity contribution >= 4 is 31.6 Å². The van der Waals surface area contributed by atoms with Gasteiger partial charge in [0.1, 0.15) is 12.3 Å². The maximum absolute atomic E-state index is 11.7. The Kier molecular flexibility index (Phi) is 5.01. The second kappa shape index (κ2) is 7.39.